The quantitative estimate of drug-likeness (QED) is 0.622. The highest BCUT2D eigenvalue weighted by Gasteiger charge is 2.45. The van der Waals surface area contributed by atoms with E-state index in [0.29, 0.717) is 23.6 Å². The molecule has 3 heterocycles. The minimum Gasteiger partial charge on any atom is -0.354 e. The molecule has 7 heteroatoms. The van der Waals surface area contributed by atoms with Crippen LogP contribution in [0.2, 0.25) is 0 Å². The van der Waals surface area contributed by atoms with Gasteiger partial charge in [0.2, 0.25) is 0 Å². The van der Waals surface area contributed by atoms with Gasteiger partial charge in [0, 0.05) is 31.2 Å². The van der Waals surface area contributed by atoms with Gasteiger partial charge in [0.15, 0.2) is 11.4 Å². The van der Waals surface area contributed by atoms with Gasteiger partial charge in [-0.25, -0.2) is 4.98 Å². The second-order valence-corrected chi connectivity index (χ2v) is 11.8. The number of likely N-dealkylation sites (N-methyl/N-ethyl adjacent to an activating group) is 1. The highest BCUT2D eigenvalue weighted by Crippen LogP contribution is 2.46. The molecule has 36 heavy (non-hydrogen) atoms. The minimum atomic E-state index is -0.577. The van der Waals surface area contributed by atoms with Gasteiger partial charge in [-0.2, -0.15) is 0 Å². The molecule has 1 aromatic heterocycles. The van der Waals surface area contributed by atoms with Gasteiger partial charge < -0.3 is 9.88 Å². The third-order valence-corrected chi connectivity index (χ3v) is 9.63. The van der Waals surface area contributed by atoms with E-state index in [-0.39, 0.29) is 23.0 Å². The fourth-order valence-electron chi connectivity index (χ4n) is 8.22. The van der Waals surface area contributed by atoms with Crippen LogP contribution in [0.4, 0.5) is 0 Å². The number of amides is 1. The van der Waals surface area contributed by atoms with E-state index in [1.54, 1.807) is 0 Å². The number of benzene rings is 1. The number of para-hydroxylation sites is 2. The second kappa shape index (κ2) is 9.73. The summed E-state index contributed by atoms with van der Waals surface area (Å²) in [6, 6.07) is 9.48. The Labute approximate surface area is 213 Å². The summed E-state index contributed by atoms with van der Waals surface area (Å²) in [6.07, 6.45) is 15.4. The number of carbonyl (C=O) groups excluding carboxylic acids is 1. The maximum Gasteiger partial charge on any atom is 0.279 e. The van der Waals surface area contributed by atoms with E-state index in [4.69, 9.17) is 5.41 Å². The molecule has 192 valence electrons. The maximum atomic E-state index is 13.8. The summed E-state index contributed by atoms with van der Waals surface area (Å²) in [5.74, 6) is 1.23. The molecule has 4 fully saturated rings. The summed E-state index contributed by atoms with van der Waals surface area (Å²) in [4.78, 5) is 33.4. The van der Waals surface area contributed by atoms with E-state index >= 15 is 0 Å². The molecule has 0 spiro atoms. The summed E-state index contributed by atoms with van der Waals surface area (Å²) < 4.78 is 1.89. The molecule has 4 bridgehead atoms. The first-order valence-electron chi connectivity index (χ1n) is 14.1. The van der Waals surface area contributed by atoms with Gasteiger partial charge in [0.25, 0.3) is 11.5 Å². The number of hydrogen-bond acceptors (Lipinski definition) is 5. The first-order valence-corrected chi connectivity index (χ1v) is 14.1. The first kappa shape index (κ1) is 23.8. The fraction of sp³-hybridized carbons (Fsp3) is 0.655. The predicted molar refractivity (Wildman–Crippen MR) is 142 cm³/mol. The van der Waals surface area contributed by atoms with Crippen LogP contribution in [-0.4, -0.2) is 51.2 Å². The lowest BCUT2D eigenvalue weighted by atomic mass is 9.73. The number of aromatic nitrogens is 2. The molecule has 2 aliphatic heterocycles. The third kappa shape index (κ3) is 4.19. The average molecular weight is 490 g/mol. The number of nitrogens with zero attached hydrogens (tertiary/aromatic N) is 3. The first-order chi connectivity index (χ1) is 17.5. The molecule has 2 N–H and O–H groups in total. The highest BCUT2D eigenvalue weighted by molar-refractivity contribution is 6.43. The average Bonchev–Trinajstić information content (AvgIpc) is 3.05. The lowest BCUT2D eigenvalue weighted by molar-refractivity contribution is -0.114. The Morgan fingerprint density at radius 3 is 2.22 bits per heavy atom. The van der Waals surface area contributed by atoms with Crippen LogP contribution < -0.4 is 10.9 Å². The van der Waals surface area contributed by atoms with Crippen molar-refractivity contribution < 1.29 is 4.79 Å². The molecule has 4 aliphatic rings. The van der Waals surface area contributed by atoms with Gasteiger partial charge in [0.1, 0.15) is 0 Å². The molecule has 5 atom stereocenters. The Kier molecular flexibility index (Phi) is 6.44. The van der Waals surface area contributed by atoms with Crippen molar-refractivity contribution in [3.05, 3.63) is 40.3 Å². The summed E-state index contributed by atoms with van der Waals surface area (Å²) >= 11 is 0. The van der Waals surface area contributed by atoms with Crippen LogP contribution >= 0.6 is 0 Å². The molecule has 7 nitrogen and oxygen atoms in total. The van der Waals surface area contributed by atoms with Crippen LogP contribution in [0.1, 0.15) is 88.8 Å². The molecule has 2 aromatic rings. The number of nitrogens with one attached hydrogen (secondary N) is 2. The second-order valence-electron chi connectivity index (χ2n) is 11.8. The van der Waals surface area contributed by atoms with Crippen molar-refractivity contribution in [1.29, 1.82) is 5.41 Å². The minimum absolute atomic E-state index is 0.0444. The molecule has 0 radical (unpaired) electrons. The van der Waals surface area contributed by atoms with E-state index in [9.17, 15) is 9.59 Å². The van der Waals surface area contributed by atoms with Gasteiger partial charge in [-0.05, 0) is 68.9 Å². The number of hydrogen-bond donors (Lipinski definition) is 2. The lowest BCUT2D eigenvalue weighted by Crippen LogP contribution is -2.58. The third-order valence-electron chi connectivity index (χ3n) is 9.63. The van der Waals surface area contributed by atoms with Crippen molar-refractivity contribution in [3.8, 4) is 0 Å². The van der Waals surface area contributed by atoms with E-state index in [0.717, 1.165) is 30.2 Å². The van der Waals surface area contributed by atoms with E-state index in [2.05, 4.69) is 15.2 Å². The zero-order valence-corrected chi connectivity index (χ0v) is 21.4. The topological polar surface area (TPSA) is 91.1 Å². The van der Waals surface area contributed by atoms with E-state index < -0.39 is 5.91 Å². The number of piperidine rings is 2. The van der Waals surface area contributed by atoms with Crippen molar-refractivity contribution in [2.75, 3.05) is 7.05 Å². The monoisotopic (exact) mass is 489 g/mol. The Hall–Kier alpha value is -2.54. The lowest BCUT2D eigenvalue weighted by Gasteiger charge is -2.54. The summed E-state index contributed by atoms with van der Waals surface area (Å²) in [5.41, 5.74) is 0.782. The Morgan fingerprint density at radius 2 is 1.56 bits per heavy atom. The number of rotatable bonds is 4. The van der Waals surface area contributed by atoms with Gasteiger partial charge in [0.05, 0.1) is 11.0 Å². The van der Waals surface area contributed by atoms with Crippen molar-refractivity contribution in [1.82, 2.24) is 19.8 Å². The SMILES string of the molecule is CNC(=O)C(=N)c1nc2ccccc2n([C@H]2C[C@H]3CCC[C@@H](C2)N3C2CC3CCCCC(C3)C2)c1=O. The van der Waals surface area contributed by atoms with Crippen molar-refractivity contribution in [3.63, 3.8) is 0 Å². The Morgan fingerprint density at radius 1 is 0.889 bits per heavy atom. The maximum absolute atomic E-state index is 13.8. The molecule has 2 saturated heterocycles. The number of fused-ring (bicyclic) bond motifs is 5. The fourth-order valence-corrected chi connectivity index (χ4v) is 8.22. The molecule has 2 unspecified atom stereocenters. The molecule has 2 saturated carbocycles. The van der Waals surface area contributed by atoms with Crippen molar-refractivity contribution >= 4 is 22.7 Å². The van der Waals surface area contributed by atoms with Crippen LogP contribution in [-0.2, 0) is 4.79 Å². The zero-order chi connectivity index (χ0) is 24.8. The molecule has 1 aromatic carbocycles. The summed E-state index contributed by atoms with van der Waals surface area (Å²) in [5, 5.41) is 10.8. The standard InChI is InChI=1S/C29H39N5O2/c1-31-28(35)26(30)27-29(36)34(25-12-5-4-11-24(25)32-27)23-16-20-9-6-10-21(17-23)33(20)22-14-18-7-2-3-8-19(13-18)15-22/h4-5,11-12,18-23,30H,2-3,6-10,13-17H2,1H3,(H,31,35)/t18?,19?,20-,21+,22?,23+. The Bertz CT molecular complexity index is 1190. The van der Waals surface area contributed by atoms with Crippen molar-refractivity contribution in [2.45, 2.75) is 101 Å². The normalized spacial score (nSPS) is 32.6. The van der Waals surface area contributed by atoms with Gasteiger partial charge in [-0.15, -0.1) is 0 Å². The van der Waals surface area contributed by atoms with Gasteiger partial charge in [-0.1, -0.05) is 44.2 Å². The predicted octanol–water partition coefficient (Wildman–Crippen LogP) is 4.43. The highest BCUT2D eigenvalue weighted by atomic mass is 16.2. The van der Waals surface area contributed by atoms with E-state index in [1.165, 1.54) is 71.3 Å². The van der Waals surface area contributed by atoms with E-state index in [1.807, 2.05) is 28.8 Å². The smallest absolute Gasteiger partial charge is 0.279 e. The molecular formula is C29H39N5O2. The van der Waals surface area contributed by atoms with Crippen LogP contribution in [0, 0.1) is 17.2 Å². The zero-order valence-electron chi connectivity index (χ0n) is 21.4. The van der Waals surface area contributed by atoms with Crippen molar-refractivity contribution in [2.24, 2.45) is 11.8 Å². The molecular weight excluding hydrogens is 450 g/mol. The largest absolute Gasteiger partial charge is 0.354 e. The van der Waals surface area contributed by atoms with Crippen LogP contribution in [0.3, 0.4) is 0 Å². The van der Waals surface area contributed by atoms with Gasteiger partial charge in [-0.3, -0.25) is 19.9 Å². The molecule has 2 aliphatic carbocycles. The Balaban J connectivity index is 1.34. The number of carbonyl (C=O) groups is 1. The summed E-state index contributed by atoms with van der Waals surface area (Å²) in [7, 11) is 1.48. The van der Waals surface area contributed by atoms with Crippen LogP contribution in [0.25, 0.3) is 11.0 Å². The van der Waals surface area contributed by atoms with Crippen LogP contribution in [0.5, 0.6) is 0 Å². The van der Waals surface area contributed by atoms with Crippen LogP contribution in [0.15, 0.2) is 29.1 Å². The summed E-state index contributed by atoms with van der Waals surface area (Å²) in [6.45, 7) is 0. The molecule has 1 amide bonds. The molecule has 6 rings (SSSR count). The van der Waals surface area contributed by atoms with Gasteiger partial charge >= 0.3 is 0 Å².